The van der Waals surface area contributed by atoms with E-state index in [1.54, 1.807) is 12.5 Å². The van der Waals surface area contributed by atoms with Crippen molar-refractivity contribution in [2.45, 2.75) is 18.9 Å². The Kier molecular flexibility index (Phi) is 10.6. The maximum atomic E-state index is 12.4. The summed E-state index contributed by atoms with van der Waals surface area (Å²) in [6.07, 6.45) is 1.46. The van der Waals surface area contributed by atoms with Crippen LogP contribution in [0.4, 0.5) is 5.13 Å². The van der Waals surface area contributed by atoms with Crippen LogP contribution in [-0.2, 0) is 28.6 Å². The van der Waals surface area contributed by atoms with Gasteiger partial charge in [-0.25, -0.2) is 9.78 Å². The first-order valence-electron chi connectivity index (χ1n) is 10.4. The highest BCUT2D eigenvalue weighted by Gasteiger charge is 2.24. The number of hydrogen-bond donors (Lipinski definition) is 3. The van der Waals surface area contributed by atoms with Crippen molar-refractivity contribution in [1.29, 1.82) is 0 Å². The molecule has 0 atom stereocenters. The number of nitrogens with one attached hydrogen (secondary N) is 3. The van der Waals surface area contributed by atoms with Gasteiger partial charge in [0, 0.05) is 31.6 Å². The smallest absolute Gasteiger partial charge is 0.353 e. The molecule has 3 N–H and O–H groups in total. The van der Waals surface area contributed by atoms with Crippen LogP contribution in [0.25, 0.3) is 0 Å². The molecule has 0 unspecified atom stereocenters. The zero-order chi connectivity index (χ0) is 25.1. The molecule has 0 aliphatic carbocycles. The van der Waals surface area contributed by atoms with Crippen LogP contribution >= 0.6 is 11.3 Å². The normalized spacial score (nSPS) is 13.6. The van der Waals surface area contributed by atoms with Gasteiger partial charge in [0.05, 0.1) is 26.0 Å². The number of nitrogens with zero attached hydrogens (tertiary/aromatic N) is 2. The number of thiazole rings is 1. The number of carbonyl (C=O) groups is 4. The van der Waals surface area contributed by atoms with Crippen LogP contribution in [0, 0.1) is 0 Å². The van der Waals surface area contributed by atoms with Gasteiger partial charge in [-0.1, -0.05) is 13.2 Å². The first-order chi connectivity index (χ1) is 16.2. The molecule has 3 amide bonds. The number of carbonyl (C=O) groups excluding carboxylic acids is 4. The summed E-state index contributed by atoms with van der Waals surface area (Å²) in [7, 11) is 2.72. The van der Waals surface area contributed by atoms with Crippen molar-refractivity contribution in [3.63, 3.8) is 0 Å². The van der Waals surface area contributed by atoms with Crippen LogP contribution in [0.1, 0.15) is 23.3 Å². The van der Waals surface area contributed by atoms with E-state index in [4.69, 9.17) is 9.47 Å². The van der Waals surface area contributed by atoms with Crippen molar-refractivity contribution < 1.29 is 33.4 Å². The number of hydrogen-bond acceptors (Lipinski definition) is 10. The fourth-order valence-electron chi connectivity index (χ4n) is 2.95. The number of amides is 3. The highest BCUT2D eigenvalue weighted by Crippen LogP contribution is 2.24. The van der Waals surface area contributed by atoms with Gasteiger partial charge in [-0.2, -0.15) is 0 Å². The molecular weight excluding hydrogens is 466 g/mol. The van der Waals surface area contributed by atoms with Gasteiger partial charge in [-0.3, -0.25) is 14.4 Å². The lowest BCUT2D eigenvalue weighted by Crippen LogP contribution is -2.45. The Hall–Kier alpha value is -3.29. The maximum absolute atomic E-state index is 12.4. The Morgan fingerprint density at radius 1 is 1.12 bits per heavy atom. The third kappa shape index (κ3) is 8.24. The van der Waals surface area contributed by atoms with E-state index >= 15 is 0 Å². The largest absolute Gasteiger partial charge is 0.464 e. The molecule has 13 heteroatoms. The molecule has 0 spiro atoms. The van der Waals surface area contributed by atoms with Gasteiger partial charge in [0.2, 0.25) is 5.91 Å². The minimum Gasteiger partial charge on any atom is -0.464 e. The predicted octanol–water partition coefficient (Wildman–Crippen LogP) is -0.0625. The number of methoxy groups -OCH3 is 2. The molecule has 1 saturated heterocycles. The van der Waals surface area contributed by atoms with Gasteiger partial charge in [0.15, 0.2) is 5.13 Å². The van der Waals surface area contributed by atoms with Gasteiger partial charge >= 0.3 is 5.97 Å². The van der Waals surface area contributed by atoms with Crippen molar-refractivity contribution in [3.8, 4) is 0 Å². The van der Waals surface area contributed by atoms with Crippen LogP contribution in [0.2, 0.25) is 0 Å². The minimum atomic E-state index is -0.810. The molecule has 186 valence electrons. The third-order valence-corrected chi connectivity index (χ3v) is 5.66. The number of esters is 1. The average Bonchev–Trinajstić information content (AvgIpc) is 3.32. The average molecular weight is 496 g/mol. The van der Waals surface area contributed by atoms with E-state index in [1.165, 1.54) is 11.3 Å². The summed E-state index contributed by atoms with van der Waals surface area (Å²) in [5, 5.41) is 9.72. The number of rotatable bonds is 12. The van der Waals surface area contributed by atoms with Crippen molar-refractivity contribution in [2.75, 3.05) is 52.0 Å². The van der Waals surface area contributed by atoms with E-state index in [-0.39, 0.29) is 35.6 Å². The molecule has 0 aromatic carbocycles. The highest BCUT2D eigenvalue weighted by atomic mass is 32.1. The lowest BCUT2D eigenvalue weighted by Gasteiger charge is -2.32. The molecule has 12 nitrogen and oxygen atoms in total. The molecule has 0 saturated carbocycles. The summed E-state index contributed by atoms with van der Waals surface area (Å²) in [6, 6.07) is 0.0408. The second-order valence-electron chi connectivity index (χ2n) is 7.25. The molecule has 1 aliphatic rings. The Labute approximate surface area is 201 Å². The van der Waals surface area contributed by atoms with E-state index in [9.17, 15) is 19.2 Å². The Morgan fingerprint density at radius 3 is 2.47 bits per heavy atom. The van der Waals surface area contributed by atoms with Crippen molar-refractivity contribution in [3.05, 3.63) is 35.6 Å². The Bertz CT molecular complexity index is 924. The maximum Gasteiger partial charge on any atom is 0.353 e. The van der Waals surface area contributed by atoms with Gasteiger partial charge in [-0.15, -0.1) is 11.3 Å². The van der Waals surface area contributed by atoms with Crippen molar-refractivity contribution in [2.24, 2.45) is 0 Å². The molecule has 0 radical (unpaired) electrons. The van der Waals surface area contributed by atoms with Crippen molar-refractivity contribution in [1.82, 2.24) is 20.9 Å². The quantitative estimate of drug-likeness (QED) is 0.206. The lowest BCUT2D eigenvalue weighted by molar-refractivity contribution is -0.137. The van der Waals surface area contributed by atoms with Crippen LogP contribution in [0.15, 0.2) is 29.9 Å². The second kappa shape index (κ2) is 13.4. The van der Waals surface area contributed by atoms with E-state index in [0.29, 0.717) is 31.4 Å². The summed E-state index contributed by atoms with van der Waals surface area (Å²) in [5.74, 6) is -2.38. The minimum absolute atomic E-state index is 0.00532. The van der Waals surface area contributed by atoms with Gasteiger partial charge < -0.3 is 35.1 Å². The zero-order valence-corrected chi connectivity index (χ0v) is 20.0. The molecule has 0 bridgehead atoms. The van der Waals surface area contributed by atoms with Gasteiger partial charge in [0.25, 0.3) is 11.8 Å². The standard InChI is InChI=1S/C21H29N5O7S/c1-13(18(28)23-14(2)20(30)32-4)22-19(29)16-12-34-21(25-16)26-7-5-15(6-8-26)24-17(27)11-33-10-9-31-3/h12,15H,1-2,5-11H2,3-4H3,(H,22,29)(H,23,28)(H,24,27). The molecule has 1 fully saturated rings. The summed E-state index contributed by atoms with van der Waals surface area (Å²) in [6.45, 7) is 8.98. The van der Waals surface area contributed by atoms with E-state index in [1.807, 2.05) is 4.90 Å². The molecule has 2 heterocycles. The van der Waals surface area contributed by atoms with Gasteiger partial charge in [0.1, 0.15) is 18.0 Å². The molecule has 2 rings (SSSR count). The van der Waals surface area contributed by atoms with E-state index in [0.717, 1.165) is 20.0 Å². The molecule has 34 heavy (non-hydrogen) atoms. The lowest BCUT2D eigenvalue weighted by atomic mass is 10.1. The zero-order valence-electron chi connectivity index (χ0n) is 19.2. The number of piperidine rings is 1. The Balaban J connectivity index is 1.78. The van der Waals surface area contributed by atoms with Crippen molar-refractivity contribution >= 4 is 40.2 Å². The topological polar surface area (TPSA) is 148 Å². The molecule has 1 aromatic rings. The number of anilines is 1. The van der Waals surface area contributed by atoms with Crippen LogP contribution < -0.4 is 20.9 Å². The number of aromatic nitrogens is 1. The summed E-state index contributed by atoms with van der Waals surface area (Å²) in [5.41, 5.74) is -0.422. The molecular formula is C21H29N5O7S. The SMILES string of the molecule is C=C(NC(=O)c1csc(N2CCC(NC(=O)COCCOC)CC2)n1)C(=O)NC(=C)C(=O)OC. The Morgan fingerprint density at radius 2 is 1.82 bits per heavy atom. The number of ether oxygens (including phenoxy) is 3. The second-order valence-corrected chi connectivity index (χ2v) is 8.08. The predicted molar refractivity (Wildman–Crippen MR) is 124 cm³/mol. The first kappa shape index (κ1) is 27.0. The summed E-state index contributed by atoms with van der Waals surface area (Å²) < 4.78 is 14.5. The molecule has 1 aliphatic heterocycles. The summed E-state index contributed by atoms with van der Waals surface area (Å²) >= 11 is 1.30. The van der Waals surface area contributed by atoms with E-state index in [2.05, 4.69) is 38.8 Å². The fraction of sp³-hybridized carbons (Fsp3) is 0.476. The first-order valence-corrected chi connectivity index (χ1v) is 11.3. The molecule has 1 aromatic heterocycles. The van der Waals surface area contributed by atoms with Crippen LogP contribution in [0.5, 0.6) is 0 Å². The summed E-state index contributed by atoms with van der Waals surface area (Å²) in [4.78, 5) is 54.1. The third-order valence-electron chi connectivity index (χ3n) is 4.75. The van der Waals surface area contributed by atoms with Crippen LogP contribution in [0.3, 0.4) is 0 Å². The fourth-order valence-corrected chi connectivity index (χ4v) is 3.81. The monoisotopic (exact) mass is 495 g/mol. The van der Waals surface area contributed by atoms with Gasteiger partial charge in [-0.05, 0) is 12.8 Å². The highest BCUT2D eigenvalue weighted by molar-refractivity contribution is 7.13. The van der Waals surface area contributed by atoms with Crippen LogP contribution in [-0.4, -0.2) is 81.8 Å². The van der Waals surface area contributed by atoms with E-state index < -0.39 is 17.8 Å².